The van der Waals surface area contributed by atoms with Crippen LogP contribution >= 0.6 is 0 Å². The van der Waals surface area contributed by atoms with Gasteiger partial charge in [-0.1, -0.05) is 6.58 Å². The Bertz CT molecular complexity index is 321. The molecule has 0 spiro atoms. The topological polar surface area (TPSA) is 63.7 Å². The molecule has 1 heterocycles. The molecule has 0 aromatic carbocycles. The molecule has 0 saturated carbocycles. The molecule has 1 aliphatic rings. The number of esters is 1. The molecular formula is C10H13NO4. The third-order valence-electron chi connectivity index (χ3n) is 2.08. The molecule has 5 nitrogen and oxygen atoms in total. The van der Waals surface area contributed by atoms with E-state index in [0.29, 0.717) is 12.1 Å². The van der Waals surface area contributed by atoms with Crippen LogP contribution in [0.5, 0.6) is 0 Å². The third kappa shape index (κ3) is 2.90. The van der Waals surface area contributed by atoms with E-state index in [2.05, 4.69) is 6.58 Å². The van der Waals surface area contributed by atoms with E-state index in [1.165, 1.54) is 4.90 Å². The largest absolute Gasteiger partial charge is 0.460 e. The summed E-state index contributed by atoms with van der Waals surface area (Å²) in [6.45, 7) is 5.76. The van der Waals surface area contributed by atoms with Gasteiger partial charge in [-0.05, 0) is 6.92 Å². The van der Waals surface area contributed by atoms with Gasteiger partial charge in [-0.3, -0.25) is 9.59 Å². The molecule has 1 fully saturated rings. The number of Topliss-reactive ketones (excluding diaryl/α,β-unsaturated/α-hetero) is 1. The molecule has 0 atom stereocenters. The standard InChI is InChI=1S/C10H13NO4/c1-7(2)10(14)15-6-5-11-4-3-8(12)9(11)13/h1,3-6H2,2H3. The minimum atomic E-state index is -0.485. The Morgan fingerprint density at radius 2 is 2.20 bits per heavy atom. The highest BCUT2D eigenvalue weighted by atomic mass is 16.5. The SMILES string of the molecule is C=C(C)C(=O)OCCN1CCC(=O)C1=O. The Morgan fingerprint density at radius 1 is 1.53 bits per heavy atom. The zero-order valence-corrected chi connectivity index (χ0v) is 8.62. The van der Waals surface area contributed by atoms with Crippen LogP contribution in [0.4, 0.5) is 0 Å². The summed E-state index contributed by atoms with van der Waals surface area (Å²) in [5, 5.41) is 0. The van der Waals surface area contributed by atoms with E-state index < -0.39 is 11.9 Å². The number of carbonyl (C=O) groups excluding carboxylic acids is 3. The van der Waals surface area contributed by atoms with Crippen LogP contribution in [0.3, 0.4) is 0 Å². The first-order valence-corrected chi connectivity index (χ1v) is 4.67. The Labute approximate surface area is 87.7 Å². The van der Waals surface area contributed by atoms with Gasteiger partial charge in [0.25, 0.3) is 5.91 Å². The van der Waals surface area contributed by atoms with Crippen LogP contribution in [-0.4, -0.2) is 42.3 Å². The summed E-state index contributed by atoms with van der Waals surface area (Å²) < 4.78 is 4.81. The summed E-state index contributed by atoms with van der Waals surface area (Å²) >= 11 is 0. The first-order chi connectivity index (χ1) is 7.02. The zero-order valence-electron chi connectivity index (χ0n) is 8.62. The van der Waals surface area contributed by atoms with Gasteiger partial charge in [0.2, 0.25) is 5.78 Å². The maximum Gasteiger partial charge on any atom is 0.333 e. The fraction of sp³-hybridized carbons (Fsp3) is 0.500. The molecule has 0 aromatic rings. The van der Waals surface area contributed by atoms with Crippen LogP contribution in [0.15, 0.2) is 12.2 Å². The maximum atomic E-state index is 11.1. The summed E-state index contributed by atoms with van der Waals surface area (Å²) in [4.78, 5) is 34.4. The van der Waals surface area contributed by atoms with Crippen molar-refractivity contribution in [2.75, 3.05) is 19.7 Å². The summed E-state index contributed by atoms with van der Waals surface area (Å²) in [5.74, 6) is -1.34. The molecule has 0 aromatic heterocycles. The van der Waals surface area contributed by atoms with Crippen molar-refractivity contribution >= 4 is 17.7 Å². The molecule has 1 aliphatic heterocycles. The third-order valence-corrected chi connectivity index (χ3v) is 2.08. The van der Waals surface area contributed by atoms with E-state index in [1.807, 2.05) is 0 Å². The van der Waals surface area contributed by atoms with Crippen LogP contribution in [-0.2, 0) is 19.1 Å². The Morgan fingerprint density at radius 3 is 2.67 bits per heavy atom. The molecule has 82 valence electrons. The molecular weight excluding hydrogens is 198 g/mol. The maximum absolute atomic E-state index is 11.1. The lowest BCUT2D eigenvalue weighted by molar-refractivity contribution is -0.143. The highest BCUT2D eigenvalue weighted by molar-refractivity contribution is 6.37. The number of ketones is 1. The number of carbonyl (C=O) groups is 3. The average molecular weight is 211 g/mol. The van der Waals surface area contributed by atoms with Crippen molar-refractivity contribution in [2.24, 2.45) is 0 Å². The Balaban J connectivity index is 2.27. The van der Waals surface area contributed by atoms with E-state index in [4.69, 9.17) is 4.74 Å². The van der Waals surface area contributed by atoms with Gasteiger partial charge in [0.1, 0.15) is 6.61 Å². The predicted octanol–water partition coefficient (Wildman–Crippen LogP) is -0.0929. The van der Waals surface area contributed by atoms with Crippen LogP contribution in [0.1, 0.15) is 13.3 Å². The summed E-state index contributed by atoms with van der Waals surface area (Å²) in [6, 6.07) is 0. The van der Waals surface area contributed by atoms with E-state index in [9.17, 15) is 14.4 Å². The Hall–Kier alpha value is -1.65. The lowest BCUT2D eigenvalue weighted by Crippen LogP contribution is -2.31. The zero-order chi connectivity index (χ0) is 11.4. The van der Waals surface area contributed by atoms with Gasteiger partial charge >= 0.3 is 5.97 Å². The molecule has 0 unspecified atom stereocenters. The van der Waals surface area contributed by atoms with Gasteiger partial charge in [0.05, 0.1) is 6.54 Å². The molecule has 0 bridgehead atoms. The van der Waals surface area contributed by atoms with Gasteiger partial charge < -0.3 is 9.64 Å². The fourth-order valence-corrected chi connectivity index (χ4v) is 1.21. The number of ether oxygens (including phenoxy) is 1. The number of hydrogen-bond acceptors (Lipinski definition) is 4. The lowest BCUT2D eigenvalue weighted by Gasteiger charge is -2.13. The van der Waals surface area contributed by atoms with Gasteiger partial charge in [-0.2, -0.15) is 0 Å². The second-order valence-electron chi connectivity index (χ2n) is 3.38. The van der Waals surface area contributed by atoms with E-state index >= 15 is 0 Å². The summed E-state index contributed by atoms with van der Waals surface area (Å²) in [6.07, 6.45) is 0.257. The fourth-order valence-electron chi connectivity index (χ4n) is 1.21. The summed E-state index contributed by atoms with van der Waals surface area (Å²) in [5.41, 5.74) is 0.318. The molecule has 15 heavy (non-hydrogen) atoms. The molecule has 5 heteroatoms. The minimum absolute atomic E-state index is 0.102. The van der Waals surface area contributed by atoms with Crippen molar-refractivity contribution in [2.45, 2.75) is 13.3 Å². The number of amides is 1. The van der Waals surface area contributed by atoms with E-state index in [1.54, 1.807) is 6.92 Å². The lowest BCUT2D eigenvalue weighted by atomic mass is 10.3. The van der Waals surface area contributed by atoms with Gasteiger partial charge in [0.15, 0.2) is 0 Å². The highest BCUT2D eigenvalue weighted by Crippen LogP contribution is 2.05. The molecule has 1 amide bonds. The first-order valence-electron chi connectivity index (χ1n) is 4.67. The van der Waals surface area contributed by atoms with E-state index in [-0.39, 0.29) is 25.4 Å². The number of hydrogen-bond donors (Lipinski definition) is 0. The van der Waals surface area contributed by atoms with Crippen molar-refractivity contribution in [1.29, 1.82) is 0 Å². The number of likely N-dealkylation sites (tertiary alicyclic amines) is 1. The van der Waals surface area contributed by atoms with Crippen molar-refractivity contribution in [3.8, 4) is 0 Å². The van der Waals surface area contributed by atoms with Crippen LogP contribution in [0.2, 0.25) is 0 Å². The van der Waals surface area contributed by atoms with Crippen molar-refractivity contribution in [3.63, 3.8) is 0 Å². The smallest absolute Gasteiger partial charge is 0.333 e. The normalized spacial score (nSPS) is 15.7. The van der Waals surface area contributed by atoms with Crippen molar-refractivity contribution in [3.05, 3.63) is 12.2 Å². The second-order valence-corrected chi connectivity index (χ2v) is 3.38. The van der Waals surface area contributed by atoms with Crippen molar-refractivity contribution < 1.29 is 19.1 Å². The average Bonchev–Trinajstić information content (AvgIpc) is 2.49. The molecule has 0 radical (unpaired) electrons. The summed E-state index contributed by atoms with van der Waals surface area (Å²) in [7, 11) is 0. The van der Waals surface area contributed by atoms with Gasteiger partial charge in [-0.15, -0.1) is 0 Å². The molecule has 1 saturated heterocycles. The van der Waals surface area contributed by atoms with Crippen LogP contribution < -0.4 is 0 Å². The molecule has 1 rings (SSSR count). The first kappa shape index (κ1) is 11.4. The monoisotopic (exact) mass is 211 g/mol. The number of nitrogens with zero attached hydrogens (tertiary/aromatic N) is 1. The van der Waals surface area contributed by atoms with Crippen molar-refractivity contribution in [1.82, 2.24) is 4.90 Å². The van der Waals surface area contributed by atoms with Crippen LogP contribution in [0.25, 0.3) is 0 Å². The van der Waals surface area contributed by atoms with Gasteiger partial charge in [0, 0.05) is 18.5 Å². The van der Waals surface area contributed by atoms with Gasteiger partial charge in [-0.25, -0.2) is 4.79 Å². The van der Waals surface area contributed by atoms with Crippen LogP contribution in [0, 0.1) is 0 Å². The molecule has 0 aliphatic carbocycles. The highest BCUT2D eigenvalue weighted by Gasteiger charge is 2.28. The number of rotatable bonds is 4. The predicted molar refractivity (Wildman–Crippen MR) is 52.0 cm³/mol. The van der Waals surface area contributed by atoms with E-state index in [0.717, 1.165) is 0 Å². The second kappa shape index (κ2) is 4.72. The quantitative estimate of drug-likeness (QED) is 0.370. The Kier molecular flexibility index (Phi) is 3.60. The molecule has 0 N–H and O–H groups in total. The minimum Gasteiger partial charge on any atom is -0.460 e.